The van der Waals surface area contributed by atoms with E-state index in [1.807, 2.05) is 0 Å². The zero-order valence-corrected chi connectivity index (χ0v) is 10.5. The molecule has 2 heterocycles. The highest BCUT2D eigenvalue weighted by Crippen LogP contribution is 2.24. The molecular formula is C12H7ClF2N4. The van der Waals surface area contributed by atoms with Crippen LogP contribution in [0, 0.1) is 18.6 Å². The van der Waals surface area contributed by atoms with Crippen LogP contribution in [0.1, 0.15) is 5.82 Å². The molecule has 0 radical (unpaired) electrons. The monoisotopic (exact) mass is 280 g/mol. The molecule has 0 atom stereocenters. The molecule has 96 valence electrons. The Kier molecular flexibility index (Phi) is 2.67. The summed E-state index contributed by atoms with van der Waals surface area (Å²) in [7, 11) is 0. The molecule has 0 fully saturated rings. The van der Waals surface area contributed by atoms with Crippen LogP contribution >= 0.6 is 11.6 Å². The van der Waals surface area contributed by atoms with Gasteiger partial charge in [0.25, 0.3) is 0 Å². The number of fused-ring (bicyclic) bond motifs is 1. The fourth-order valence-electron chi connectivity index (χ4n) is 1.90. The van der Waals surface area contributed by atoms with Crippen molar-refractivity contribution in [3.8, 4) is 11.4 Å². The van der Waals surface area contributed by atoms with Crippen molar-refractivity contribution >= 4 is 17.2 Å². The van der Waals surface area contributed by atoms with Gasteiger partial charge in [-0.2, -0.15) is 0 Å². The van der Waals surface area contributed by atoms with Gasteiger partial charge in [-0.25, -0.2) is 13.8 Å². The molecule has 1 aromatic carbocycles. The standard InChI is InChI=1S/C12H7ClF2N4/c1-6-16-9(13)5-10-17-18-12(19(6)10)7-3-2-4-8(14)11(7)15/h2-5H,1H3. The highest BCUT2D eigenvalue weighted by Gasteiger charge is 2.17. The topological polar surface area (TPSA) is 43.1 Å². The number of hydrogen-bond acceptors (Lipinski definition) is 3. The highest BCUT2D eigenvalue weighted by molar-refractivity contribution is 6.29. The second kappa shape index (κ2) is 4.24. The molecule has 0 bridgehead atoms. The number of nitrogens with zero attached hydrogens (tertiary/aromatic N) is 4. The Bertz CT molecular complexity index is 785. The Morgan fingerprint density at radius 2 is 2.00 bits per heavy atom. The van der Waals surface area contributed by atoms with Crippen LogP contribution in [-0.2, 0) is 0 Å². The molecule has 0 aliphatic carbocycles. The van der Waals surface area contributed by atoms with Crippen LogP contribution in [0.3, 0.4) is 0 Å². The van der Waals surface area contributed by atoms with Crippen molar-refractivity contribution in [3.63, 3.8) is 0 Å². The lowest BCUT2D eigenvalue weighted by Crippen LogP contribution is -2.00. The number of rotatable bonds is 1. The maximum atomic E-state index is 13.8. The number of halogens is 3. The summed E-state index contributed by atoms with van der Waals surface area (Å²) in [5, 5.41) is 8.03. The van der Waals surface area contributed by atoms with Crippen molar-refractivity contribution < 1.29 is 8.78 Å². The number of aromatic nitrogens is 4. The van der Waals surface area contributed by atoms with Crippen molar-refractivity contribution in [2.45, 2.75) is 6.92 Å². The Morgan fingerprint density at radius 1 is 1.21 bits per heavy atom. The molecule has 2 aromatic heterocycles. The first-order valence-electron chi connectivity index (χ1n) is 5.40. The molecule has 0 aliphatic heterocycles. The predicted octanol–water partition coefficient (Wildman–Crippen LogP) is 3.03. The molecule has 0 unspecified atom stereocenters. The summed E-state index contributed by atoms with van der Waals surface area (Å²) in [4.78, 5) is 4.04. The van der Waals surface area contributed by atoms with Crippen LogP contribution in [0.2, 0.25) is 5.15 Å². The number of hydrogen-bond donors (Lipinski definition) is 0. The SMILES string of the molecule is Cc1nc(Cl)cc2nnc(-c3cccc(F)c3F)n12. The fourth-order valence-corrected chi connectivity index (χ4v) is 2.12. The summed E-state index contributed by atoms with van der Waals surface area (Å²) in [6.07, 6.45) is 0. The zero-order valence-electron chi connectivity index (χ0n) is 9.73. The molecule has 4 nitrogen and oxygen atoms in total. The van der Waals surface area contributed by atoms with Gasteiger partial charge < -0.3 is 0 Å². The van der Waals surface area contributed by atoms with Crippen LogP contribution in [0.4, 0.5) is 8.78 Å². The summed E-state index contributed by atoms with van der Waals surface area (Å²) < 4.78 is 28.6. The molecule has 0 aliphatic rings. The van der Waals surface area contributed by atoms with Gasteiger partial charge in [0.05, 0.1) is 5.56 Å². The van der Waals surface area contributed by atoms with Crippen LogP contribution < -0.4 is 0 Å². The van der Waals surface area contributed by atoms with E-state index >= 15 is 0 Å². The predicted molar refractivity (Wildman–Crippen MR) is 65.9 cm³/mol. The second-order valence-electron chi connectivity index (χ2n) is 3.94. The van der Waals surface area contributed by atoms with Gasteiger partial charge in [0.15, 0.2) is 23.1 Å². The van der Waals surface area contributed by atoms with Crippen LogP contribution in [0.25, 0.3) is 17.0 Å². The van der Waals surface area contributed by atoms with E-state index in [-0.39, 0.29) is 16.5 Å². The van der Waals surface area contributed by atoms with Crippen LogP contribution in [0.5, 0.6) is 0 Å². The molecular weight excluding hydrogens is 274 g/mol. The lowest BCUT2D eigenvalue weighted by molar-refractivity contribution is 0.510. The van der Waals surface area contributed by atoms with Gasteiger partial charge in [-0.05, 0) is 19.1 Å². The Labute approximate surface area is 111 Å². The van der Waals surface area contributed by atoms with Crippen molar-refractivity contribution in [2.75, 3.05) is 0 Å². The summed E-state index contributed by atoms with van der Waals surface area (Å²) in [5.74, 6) is -1.22. The molecule has 0 amide bonds. The van der Waals surface area contributed by atoms with Gasteiger partial charge >= 0.3 is 0 Å². The van der Waals surface area contributed by atoms with Crippen molar-refractivity contribution in [3.05, 3.63) is 46.9 Å². The molecule has 19 heavy (non-hydrogen) atoms. The Hall–Kier alpha value is -2.08. The first-order valence-corrected chi connectivity index (χ1v) is 5.78. The minimum absolute atomic E-state index is 0.0275. The van der Waals surface area contributed by atoms with E-state index in [0.29, 0.717) is 11.5 Å². The lowest BCUT2D eigenvalue weighted by Gasteiger charge is -2.05. The van der Waals surface area contributed by atoms with Gasteiger partial charge in [-0.3, -0.25) is 4.40 Å². The smallest absolute Gasteiger partial charge is 0.172 e. The van der Waals surface area contributed by atoms with E-state index < -0.39 is 11.6 Å². The van der Waals surface area contributed by atoms with Crippen LogP contribution in [0.15, 0.2) is 24.3 Å². The normalized spacial score (nSPS) is 11.2. The molecule has 0 saturated carbocycles. The van der Waals surface area contributed by atoms with Gasteiger partial charge in [0.2, 0.25) is 0 Å². The average Bonchev–Trinajstić information content (AvgIpc) is 2.76. The van der Waals surface area contributed by atoms with E-state index in [0.717, 1.165) is 6.07 Å². The van der Waals surface area contributed by atoms with Crippen LogP contribution in [-0.4, -0.2) is 19.6 Å². The Morgan fingerprint density at radius 3 is 2.79 bits per heavy atom. The summed E-state index contributed by atoms with van der Waals surface area (Å²) in [6, 6.07) is 5.39. The van der Waals surface area contributed by atoms with Gasteiger partial charge in [0.1, 0.15) is 11.0 Å². The largest absolute Gasteiger partial charge is 0.263 e. The second-order valence-corrected chi connectivity index (χ2v) is 4.33. The third-order valence-electron chi connectivity index (χ3n) is 2.72. The minimum atomic E-state index is -0.967. The van der Waals surface area contributed by atoms with Gasteiger partial charge in [0, 0.05) is 6.07 Å². The maximum Gasteiger partial charge on any atom is 0.172 e. The Balaban J connectivity index is 2.35. The minimum Gasteiger partial charge on any atom is -0.263 e. The zero-order chi connectivity index (χ0) is 13.6. The molecule has 3 rings (SSSR count). The molecule has 0 N–H and O–H groups in total. The maximum absolute atomic E-state index is 13.8. The van der Waals surface area contributed by atoms with E-state index in [9.17, 15) is 8.78 Å². The molecule has 3 aromatic rings. The van der Waals surface area contributed by atoms with E-state index in [4.69, 9.17) is 11.6 Å². The molecule has 7 heteroatoms. The molecule has 0 saturated heterocycles. The van der Waals surface area contributed by atoms with Gasteiger partial charge in [-0.15, -0.1) is 10.2 Å². The third kappa shape index (κ3) is 1.84. The first-order chi connectivity index (χ1) is 9.08. The van der Waals surface area contributed by atoms with E-state index in [1.54, 1.807) is 6.92 Å². The molecule has 0 spiro atoms. The third-order valence-corrected chi connectivity index (χ3v) is 2.91. The quantitative estimate of drug-likeness (QED) is 0.644. The highest BCUT2D eigenvalue weighted by atomic mass is 35.5. The summed E-state index contributed by atoms with van der Waals surface area (Å²) in [5.41, 5.74) is 0.455. The fraction of sp³-hybridized carbons (Fsp3) is 0.0833. The lowest BCUT2D eigenvalue weighted by atomic mass is 10.2. The summed E-state index contributed by atoms with van der Waals surface area (Å²) in [6.45, 7) is 1.68. The van der Waals surface area contributed by atoms with E-state index in [1.165, 1.54) is 22.6 Å². The van der Waals surface area contributed by atoms with E-state index in [2.05, 4.69) is 15.2 Å². The summed E-state index contributed by atoms with van der Waals surface area (Å²) >= 11 is 5.81. The number of benzene rings is 1. The average molecular weight is 281 g/mol. The van der Waals surface area contributed by atoms with Crippen molar-refractivity contribution in [1.29, 1.82) is 0 Å². The first kappa shape index (κ1) is 12.0. The van der Waals surface area contributed by atoms with Crippen molar-refractivity contribution in [1.82, 2.24) is 19.6 Å². The van der Waals surface area contributed by atoms with Crippen molar-refractivity contribution in [2.24, 2.45) is 0 Å². The number of aryl methyl sites for hydroxylation is 1. The van der Waals surface area contributed by atoms with Gasteiger partial charge in [-0.1, -0.05) is 17.7 Å².